The van der Waals surface area contributed by atoms with E-state index in [1.165, 1.54) is 12.1 Å². The Labute approximate surface area is 177 Å². The molecule has 24 heavy (non-hydrogen) atoms. The van der Waals surface area contributed by atoms with Crippen LogP contribution in [0.25, 0.3) is 28.1 Å². The zero-order valence-corrected chi connectivity index (χ0v) is 15.9. The molecule has 4 rings (SSSR count). The van der Waals surface area contributed by atoms with Crippen LogP contribution in [0.15, 0.2) is 53.5 Å². The molecule has 0 aliphatic carbocycles. The molecule has 2 aliphatic rings. The zero-order valence-electron chi connectivity index (χ0n) is 12.8. The molecule has 2 N–H and O–H groups in total. The van der Waals surface area contributed by atoms with Crippen molar-refractivity contribution in [2.45, 2.75) is 0 Å². The van der Waals surface area contributed by atoms with Crippen molar-refractivity contribution in [1.29, 1.82) is 0 Å². The summed E-state index contributed by atoms with van der Waals surface area (Å²) in [4.78, 5) is 16.7. The Morgan fingerprint density at radius 1 is 1.17 bits per heavy atom. The third kappa shape index (κ3) is 2.74. The number of hydrogen-bond donors (Lipinski definition) is 2. The molecule has 0 aromatic heterocycles. The summed E-state index contributed by atoms with van der Waals surface area (Å²) in [5, 5.41) is 28.5. The molecule has 0 fully saturated rings. The van der Waals surface area contributed by atoms with Crippen LogP contribution in [-0.4, -0.2) is 20.3 Å². The maximum atomic E-state index is 12.2. The first-order valence-electron chi connectivity index (χ1n) is 6.91. The summed E-state index contributed by atoms with van der Waals surface area (Å²) in [7, 11) is 0. The molecule has 0 atom stereocenters. The van der Waals surface area contributed by atoms with Gasteiger partial charge in [0.1, 0.15) is 0 Å². The second-order valence-electron chi connectivity index (χ2n) is 5.16. The number of benzene rings is 2. The van der Waals surface area contributed by atoms with Crippen molar-refractivity contribution in [3.8, 4) is 11.3 Å². The van der Waals surface area contributed by atoms with Crippen LogP contribution in [0.1, 0.15) is 0 Å². The van der Waals surface area contributed by atoms with Crippen LogP contribution in [0.3, 0.4) is 0 Å². The van der Waals surface area contributed by atoms with E-state index < -0.39 is 11.5 Å². The molecule has 0 saturated heterocycles. The van der Waals surface area contributed by atoms with Crippen molar-refractivity contribution < 1.29 is 61.6 Å². The van der Waals surface area contributed by atoms with Gasteiger partial charge in [-0.1, -0.05) is 30.3 Å². The maximum absolute atomic E-state index is 12.2. The first-order chi connectivity index (χ1) is 11.1. The van der Waals surface area contributed by atoms with Crippen molar-refractivity contribution in [2.75, 3.05) is 0 Å². The molecule has 0 radical (unpaired) electrons. The molecule has 2 heterocycles. The van der Waals surface area contributed by atoms with Gasteiger partial charge < -0.3 is 10.2 Å². The van der Waals surface area contributed by atoms with Crippen molar-refractivity contribution in [3.63, 3.8) is 0 Å². The summed E-state index contributed by atoms with van der Waals surface area (Å²) in [6.45, 7) is 0. The van der Waals surface area contributed by atoms with Gasteiger partial charge in [-0.05, 0) is 17.4 Å². The Balaban J connectivity index is 0.00000169. The van der Waals surface area contributed by atoms with E-state index >= 15 is 0 Å². The van der Waals surface area contributed by atoms with E-state index in [4.69, 9.17) is 0 Å². The number of H-pyrrole nitrogens is 1. The molecule has 7 heteroatoms. The van der Waals surface area contributed by atoms with Gasteiger partial charge in [0, 0.05) is 16.0 Å². The third-order valence-electron chi connectivity index (χ3n) is 3.77. The van der Waals surface area contributed by atoms with Crippen LogP contribution < -0.4 is 67.3 Å². The summed E-state index contributed by atoms with van der Waals surface area (Å²) in [5.74, 6) is -1.10. The van der Waals surface area contributed by atoms with Gasteiger partial charge in [0.05, 0.1) is 28.7 Å². The van der Waals surface area contributed by atoms with Gasteiger partial charge in [-0.3, -0.25) is 4.79 Å². The molecular formula is C17H10KN3O3. The van der Waals surface area contributed by atoms with E-state index in [1.807, 2.05) is 30.3 Å². The average Bonchev–Trinajstić information content (AvgIpc) is 2.84. The minimum atomic E-state index is -1.10. The van der Waals surface area contributed by atoms with Crippen molar-refractivity contribution in [3.05, 3.63) is 74.7 Å². The first-order valence-corrected chi connectivity index (χ1v) is 6.91. The number of aromatic amines is 1. The molecule has 0 amide bonds. The molecule has 2 aromatic carbocycles. The Kier molecular flexibility index (Phi) is 4.70. The van der Waals surface area contributed by atoms with Crippen molar-refractivity contribution in [2.24, 2.45) is 0 Å². The fourth-order valence-corrected chi connectivity index (χ4v) is 2.76. The monoisotopic (exact) mass is 343 g/mol. The second kappa shape index (κ2) is 6.62. The quantitative estimate of drug-likeness (QED) is 0.370. The fourth-order valence-electron chi connectivity index (χ4n) is 2.76. The number of rotatable bonds is 1. The summed E-state index contributed by atoms with van der Waals surface area (Å²) in [6, 6.07) is 12.3. The average molecular weight is 343 g/mol. The molecule has 2 aromatic rings. The second-order valence-corrected chi connectivity index (χ2v) is 5.16. The Hall–Kier alpha value is -1.77. The van der Waals surface area contributed by atoms with Gasteiger partial charge in [-0.2, -0.15) is 5.10 Å². The molecule has 112 valence electrons. The number of aliphatic hydroxyl groups excluding tert-OH is 1. The maximum Gasteiger partial charge on any atom is 1.00 e. The molecule has 0 spiro atoms. The summed E-state index contributed by atoms with van der Waals surface area (Å²) >= 11 is 0. The van der Waals surface area contributed by atoms with E-state index in [9.17, 15) is 15.0 Å². The molecule has 0 saturated carbocycles. The van der Waals surface area contributed by atoms with Crippen LogP contribution in [-0.2, 0) is 0 Å². The van der Waals surface area contributed by atoms with E-state index in [1.54, 1.807) is 6.20 Å². The zero-order chi connectivity index (χ0) is 16.0. The molecular weight excluding hydrogens is 333 g/mol. The first kappa shape index (κ1) is 17.1. The van der Waals surface area contributed by atoms with E-state index in [0.717, 1.165) is 5.56 Å². The standard InChI is InChI=1S/C17H11N3O3.K/c21-16-11-6-10(17(22)23)7-13-14(11)12(8-18-20-16)15(19-13)9-4-2-1-3-5-9;/h1-8,22-23H,(H,20,21);/q;+1/p-1. The topological polar surface area (TPSA) is 102 Å². The number of aromatic nitrogens is 3. The Morgan fingerprint density at radius 3 is 2.62 bits per heavy atom. The van der Waals surface area contributed by atoms with Gasteiger partial charge in [-0.25, -0.2) is 10.1 Å². The van der Waals surface area contributed by atoms with E-state index in [2.05, 4.69) is 15.2 Å². The predicted molar refractivity (Wildman–Crippen MR) is 82.1 cm³/mol. The Bertz CT molecular complexity index is 1200. The van der Waals surface area contributed by atoms with Crippen LogP contribution in [0.5, 0.6) is 0 Å². The number of nitrogens with one attached hydrogen (secondary N) is 1. The summed E-state index contributed by atoms with van der Waals surface area (Å²) in [6.07, 6.45) is 1.55. The normalized spacial score (nSPS) is 12.2. The molecule has 0 unspecified atom stereocenters. The fraction of sp³-hybridized carbons (Fsp3) is 0. The molecule has 2 aliphatic heterocycles. The molecule has 6 nitrogen and oxygen atoms in total. The van der Waals surface area contributed by atoms with Crippen molar-refractivity contribution in [1.82, 2.24) is 15.2 Å². The van der Waals surface area contributed by atoms with Gasteiger partial charge in [0.25, 0.3) is 5.56 Å². The predicted octanol–water partition coefficient (Wildman–Crippen LogP) is -2.58. The Morgan fingerprint density at radius 2 is 1.92 bits per heavy atom. The number of nitrogens with zero attached hydrogens (tertiary/aromatic N) is 2. The number of aliphatic hydroxyl groups is 1. The van der Waals surface area contributed by atoms with Gasteiger partial charge in [0.15, 0.2) is 0 Å². The molecule has 0 bridgehead atoms. The minimum Gasteiger partial charge on any atom is -0.629 e. The smallest absolute Gasteiger partial charge is 0.629 e. The van der Waals surface area contributed by atoms with Crippen LogP contribution in [0.4, 0.5) is 0 Å². The van der Waals surface area contributed by atoms with E-state index in [0.29, 0.717) is 21.6 Å². The minimum absolute atomic E-state index is 0. The van der Waals surface area contributed by atoms with Crippen LogP contribution in [0.2, 0.25) is 0 Å². The van der Waals surface area contributed by atoms with Gasteiger partial charge in [0.2, 0.25) is 0 Å². The van der Waals surface area contributed by atoms with Crippen LogP contribution >= 0.6 is 0 Å². The third-order valence-corrected chi connectivity index (χ3v) is 3.77. The van der Waals surface area contributed by atoms with Gasteiger partial charge >= 0.3 is 51.4 Å². The van der Waals surface area contributed by atoms with E-state index in [-0.39, 0.29) is 62.0 Å². The van der Waals surface area contributed by atoms with Crippen molar-refractivity contribution >= 4 is 16.8 Å². The summed E-state index contributed by atoms with van der Waals surface area (Å²) in [5.41, 5.74) is 1.57. The number of hydrogen-bond acceptors (Lipinski definition) is 5. The summed E-state index contributed by atoms with van der Waals surface area (Å²) < 4.78 is 0. The van der Waals surface area contributed by atoms with Gasteiger partial charge in [-0.15, -0.1) is 0 Å². The largest absolute Gasteiger partial charge is 1.00 e. The SMILES string of the molecule is O=c1[nH]ncc2c(-c3ccccc3)nc3c/c(=C(/[O-])O)cc1c3=2.[K+]. The van der Waals surface area contributed by atoms with Crippen LogP contribution in [0, 0.1) is 10.4 Å².